The molecule has 2 aliphatic heterocycles. The number of benzene rings is 1. The van der Waals surface area contributed by atoms with E-state index in [9.17, 15) is 14.4 Å². The summed E-state index contributed by atoms with van der Waals surface area (Å²) in [6, 6.07) is 3.12. The number of anilines is 2. The normalized spacial score (nSPS) is 15.5. The molecule has 3 rings (SSSR count). The first-order chi connectivity index (χ1) is 13.0. The molecule has 0 aromatic heterocycles. The fourth-order valence-corrected chi connectivity index (χ4v) is 2.92. The maximum absolute atomic E-state index is 12.4. The van der Waals surface area contributed by atoms with Crippen LogP contribution in [0.2, 0.25) is 5.02 Å². The van der Waals surface area contributed by atoms with Gasteiger partial charge >= 0.3 is 11.9 Å². The van der Waals surface area contributed by atoms with Crippen molar-refractivity contribution in [2.45, 2.75) is 0 Å². The number of hydrogen-bond donors (Lipinski definition) is 1. The summed E-state index contributed by atoms with van der Waals surface area (Å²) in [5, 5.41) is 2.89. The van der Waals surface area contributed by atoms with Crippen LogP contribution in [0.1, 0.15) is 0 Å². The zero-order chi connectivity index (χ0) is 19.6. The van der Waals surface area contributed by atoms with Crippen LogP contribution < -0.4 is 15.0 Å². The summed E-state index contributed by atoms with van der Waals surface area (Å²) in [7, 11) is 2.41. The standard InChI is InChI=1S/C18H15ClN2O6/c1-25-17(23)11-5-3-4-6-21(15(11)18(24)26-2)10-7-12(19)16-13(8-10)20-14(22)9-27-16/h3-8H,9H2,1-2H3,(H,20,22). The molecule has 27 heavy (non-hydrogen) atoms. The number of carbonyl (C=O) groups is 3. The number of hydrogen-bond acceptors (Lipinski definition) is 7. The van der Waals surface area contributed by atoms with Crippen molar-refractivity contribution >= 4 is 40.8 Å². The molecule has 8 nitrogen and oxygen atoms in total. The van der Waals surface area contributed by atoms with Crippen molar-refractivity contribution in [1.29, 1.82) is 0 Å². The molecular weight excluding hydrogens is 376 g/mol. The van der Waals surface area contributed by atoms with Crippen molar-refractivity contribution in [3.63, 3.8) is 0 Å². The van der Waals surface area contributed by atoms with E-state index < -0.39 is 11.9 Å². The van der Waals surface area contributed by atoms with Crippen LogP contribution in [0.4, 0.5) is 11.4 Å². The molecular formula is C18H15ClN2O6. The molecule has 0 saturated carbocycles. The topological polar surface area (TPSA) is 94.2 Å². The number of carbonyl (C=O) groups excluding carboxylic acids is 3. The Morgan fingerprint density at radius 1 is 1.19 bits per heavy atom. The van der Waals surface area contributed by atoms with E-state index in [1.165, 1.54) is 25.2 Å². The smallest absolute Gasteiger partial charge is 0.355 e. The van der Waals surface area contributed by atoms with Gasteiger partial charge in [0.05, 0.1) is 30.5 Å². The number of ether oxygens (including phenoxy) is 3. The molecule has 0 bridgehead atoms. The second-order valence-corrected chi connectivity index (χ2v) is 5.86. The second-order valence-electron chi connectivity index (χ2n) is 5.46. The number of halogens is 1. The quantitative estimate of drug-likeness (QED) is 0.790. The van der Waals surface area contributed by atoms with E-state index in [2.05, 4.69) is 5.32 Å². The molecule has 1 amide bonds. The number of methoxy groups -OCH3 is 2. The molecule has 2 aliphatic rings. The highest BCUT2D eigenvalue weighted by Crippen LogP contribution is 2.40. The zero-order valence-corrected chi connectivity index (χ0v) is 15.2. The van der Waals surface area contributed by atoms with E-state index in [1.807, 2.05) is 0 Å². The summed E-state index contributed by atoms with van der Waals surface area (Å²) in [5.74, 6) is -1.46. The van der Waals surface area contributed by atoms with Gasteiger partial charge in [0.2, 0.25) is 0 Å². The summed E-state index contributed by atoms with van der Waals surface area (Å²) in [5.41, 5.74) is 0.700. The number of esters is 2. The molecule has 1 aromatic carbocycles. The lowest BCUT2D eigenvalue weighted by Crippen LogP contribution is -2.28. The molecule has 2 heterocycles. The van der Waals surface area contributed by atoms with Gasteiger partial charge in [-0.05, 0) is 24.3 Å². The first kappa shape index (κ1) is 18.5. The fraction of sp³-hybridized carbons (Fsp3) is 0.167. The van der Waals surface area contributed by atoms with Crippen molar-refractivity contribution in [2.75, 3.05) is 31.0 Å². The van der Waals surface area contributed by atoms with Gasteiger partial charge in [-0.1, -0.05) is 17.7 Å². The Bertz CT molecular complexity index is 919. The first-order valence-electron chi connectivity index (χ1n) is 7.77. The van der Waals surface area contributed by atoms with Gasteiger partial charge in [0.25, 0.3) is 5.91 Å². The van der Waals surface area contributed by atoms with E-state index in [0.29, 0.717) is 17.1 Å². The van der Waals surface area contributed by atoms with Crippen molar-refractivity contribution in [1.82, 2.24) is 0 Å². The Morgan fingerprint density at radius 2 is 1.93 bits per heavy atom. The number of rotatable bonds is 3. The lowest BCUT2D eigenvalue weighted by molar-refractivity contribution is -0.139. The molecule has 9 heteroatoms. The molecule has 0 saturated heterocycles. The number of amides is 1. The van der Waals surface area contributed by atoms with Crippen LogP contribution in [-0.4, -0.2) is 38.7 Å². The number of nitrogens with one attached hydrogen (secondary N) is 1. The van der Waals surface area contributed by atoms with Gasteiger partial charge in [0, 0.05) is 11.9 Å². The lowest BCUT2D eigenvalue weighted by atomic mass is 10.1. The Labute approximate surface area is 159 Å². The van der Waals surface area contributed by atoms with Gasteiger partial charge < -0.3 is 24.4 Å². The van der Waals surface area contributed by atoms with Gasteiger partial charge in [-0.2, -0.15) is 0 Å². The van der Waals surface area contributed by atoms with Gasteiger partial charge in [0.15, 0.2) is 12.4 Å². The number of allylic oxidation sites excluding steroid dienone is 2. The molecule has 0 atom stereocenters. The van der Waals surface area contributed by atoms with Crippen LogP contribution in [0, 0.1) is 0 Å². The third kappa shape index (κ3) is 3.52. The van der Waals surface area contributed by atoms with E-state index >= 15 is 0 Å². The molecule has 0 aliphatic carbocycles. The first-order valence-corrected chi connectivity index (χ1v) is 8.15. The van der Waals surface area contributed by atoms with E-state index in [1.54, 1.807) is 30.5 Å². The predicted octanol–water partition coefficient (Wildman–Crippen LogP) is 2.16. The Balaban J connectivity index is 2.17. The van der Waals surface area contributed by atoms with Crippen molar-refractivity contribution in [3.8, 4) is 5.75 Å². The predicted molar refractivity (Wildman–Crippen MR) is 97.4 cm³/mol. The van der Waals surface area contributed by atoms with Crippen LogP contribution in [0.3, 0.4) is 0 Å². The third-order valence-electron chi connectivity index (χ3n) is 3.82. The second kappa shape index (κ2) is 7.55. The van der Waals surface area contributed by atoms with Crippen LogP contribution in [0.25, 0.3) is 0 Å². The van der Waals surface area contributed by atoms with E-state index in [-0.39, 0.29) is 28.8 Å². The summed E-state index contributed by atoms with van der Waals surface area (Å²) in [6.45, 7) is -0.139. The minimum Gasteiger partial charge on any atom is -0.480 e. The molecule has 0 fully saturated rings. The van der Waals surface area contributed by atoms with Gasteiger partial charge in [0.1, 0.15) is 5.70 Å². The Hall–Kier alpha value is -3.26. The molecule has 1 aromatic rings. The third-order valence-corrected chi connectivity index (χ3v) is 4.10. The molecule has 1 N–H and O–H groups in total. The summed E-state index contributed by atoms with van der Waals surface area (Å²) < 4.78 is 14.9. The maximum atomic E-state index is 12.4. The largest absolute Gasteiger partial charge is 0.480 e. The van der Waals surface area contributed by atoms with Crippen LogP contribution in [0.5, 0.6) is 5.75 Å². The highest BCUT2D eigenvalue weighted by atomic mass is 35.5. The zero-order valence-electron chi connectivity index (χ0n) is 14.4. The SMILES string of the molecule is COC(=O)C1=C(C(=O)OC)N(c2cc(Cl)c3c(c2)NC(=O)CO3)C=CC=C1. The minimum atomic E-state index is -0.749. The number of nitrogens with zero attached hydrogens (tertiary/aromatic N) is 1. The average molecular weight is 391 g/mol. The minimum absolute atomic E-state index is 0.00322. The highest BCUT2D eigenvalue weighted by molar-refractivity contribution is 6.33. The number of fused-ring (bicyclic) bond motifs is 1. The highest BCUT2D eigenvalue weighted by Gasteiger charge is 2.29. The summed E-state index contributed by atoms with van der Waals surface area (Å²) >= 11 is 6.28. The molecule has 140 valence electrons. The monoisotopic (exact) mass is 390 g/mol. The molecule has 0 spiro atoms. The average Bonchev–Trinajstić information content (AvgIpc) is 2.89. The maximum Gasteiger partial charge on any atom is 0.355 e. The van der Waals surface area contributed by atoms with Crippen LogP contribution in [-0.2, 0) is 23.9 Å². The van der Waals surface area contributed by atoms with Crippen molar-refractivity contribution in [3.05, 3.63) is 52.9 Å². The van der Waals surface area contributed by atoms with E-state index in [0.717, 1.165) is 0 Å². The lowest BCUT2D eigenvalue weighted by Gasteiger charge is -2.26. The molecule has 0 unspecified atom stereocenters. The van der Waals surface area contributed by atoms with Gasteiger partial charge in [-0.15, -0.1) is 0 Å². The Morgan fingerprint density at radius 3 is 2.63 bits per heavy atom. The van der Waals surface area contributed by atoms with Crippen molar-refractivity contribution in [2.24, 2.45) is 0 Å². The summed E-state index contributed by atoms with van der Waals surface area (Å²) in [6.07, 6.45) is 6.21. The Kier molecular flexibility index (Phi) is 5.18. The van der Waals surface area contributed by atoms with Gasteiger partial charge in [-0.25, -0.2) is 9.59 Å². The van der Waals surface area contributed by atoms with Crippen LogP contribution >= 0.6 is 11.6 Å². The van der Waals surface area contributed by atoms with Crippen molar-refractivity contribution < 1.29 is 28.6 Å². The van der Waals surface area contributed by atoms with Gasteiger partial charge in [-0.3, -0.25) is 4.79 Å². The van der Waals surface area contributed by atoms with E-state index in [4.69, 9.17) is 25.8 Å². The molecule has 0 radical (unpaired) electrons. The summed E-state index contributed by atoms with van der Waals surface area (Å²) in [4.78, 5) is 37.6. The van der Waals surface area contributed by atoms with Crippen LogP contribution in [0.15, 0.2) is 47.8 Å². The fourth-order valence-electron chi connectivity index (χ4n) is 2.65.